The fourth-order valence-electron chi connectivity index (χ4n) is 21.5. The summed E-state index contributed by atoms with van der Waals surface area (Å²) in [4.78, 5) is 13.3. The Hall–Kier alpha value is -6.25. The molecule has 0 bridgehead atoms. The third kappa shape index (κ3) is 2.10. The van der Waals surface area contributed by atoms with E-state index >= 15 is 0 Å². The van der Waals surface area contributed by atoms with Crippen LogP contribution in [-0.2, 0) is 26.8 Å². The molecule has 10 unspecified atom stereocenters. The molecule has 290 valence electrons. The normalized spacial score (nSPS) is 37.2. The molecule has 0 heterocycles. The van der Waals surface area contributed by atoms with Gasteiger partial charge < -0.3 is 4.74 Å². The van der Waals surface area contributed by atoms with E-state index in [4.69, 9.17) is 4.74 Å². The van der Waals surface area contributed by atoms with Gasteiger partial charge in [0.1, 0.15) is 0 Å². The maximum Gasteiger partial charge on any atom is 0.305 e. The monoisotopic (exact) mass is 798 g/mol. The number of esters is 1. The third-order valence-electron chi connectivity index (χ3n) is 21.9. The summed E-state index contributed by atoms with van der Waals surface area (Å²) >= 11 is 0. The largest absolute Gasteiger partial charge is 0.469 e. The Labute approximate surface area is 361 Å². The SMILES string of the molecule is COC(=O)CCCC1(c2ccccc2)C23c4c5c6c7c8c4c4c2c2c9c%10c%11c%12c%13c%14cc(c8c%13c%104)C7C=CC6=C4C=CC6C7=C(C2C2=C(C=C7)CC7=CC(C=C%12C%14)C%11C9=C72)C13C6C45. The highest BCUT2D eigenvalue weighted by atomic mass is 16.5. The molecule has 16 aliphatic rings. The van der Waals surface area contributed by atoms with Crippen molar-refractivity contribution in [3.63, 3.8) is 0 Å². The molecular weight excluding hydrogens is 765 g/mol. The van der Waals surface area contributed by atoms with Crippen LogP contribution in [-0.4, -0.2) is 13.1 Å². The Morgan fingerprint density at radius 2 is 1.62 bits per heavy atom. The lowest BCUT2D eigenvalue weighted by atomic mass is 9.52. The predicted octanol–water partition coefficient (Wildman–Crippen LogP) is 12.4. The standard InChI is InChI=1S/C61H34O2/c1-63-33(62)8-5-15-59(26-6-3-2-4-7-26)60-55-31-14-13-28-27-11-12-29-32-20-25-19-23-18-24-17-22-16-21-9-10-30(31)56(60)50-34(21)35(22)44-38(24)43-36(23)37(25)45-41(32)46-39(29)40(27)51(42(28)55)57-52(46)54-49(45)47(43)48(44)53(50)58(54)61(57,59)60/h2-4,6-7,9-14,17-18,20,24,29,31,38,42,50,55H,5,8,15-16,19H2,1H3. The summed E-state index contributed by atoms with van der Waals surface area (Å²) in [5, 5.41) is 13.2. The molecule has 1 fully saturated rings. The smallest absolute Gasteiger partial charge is 0.305 e. The number of rotatable bonds is 5. The van der Waals surface area contributed by atoms with Gasteiger partial charge >= 0.3 is 5.97 Å². The summed E-state index contributed by atoms with van der Waals surface area (Å²) in [7, 11) is 1.58. The topological polar surface area (TPSA) is 26.3 Å². The van der Waals surface area contributed by atoms with Crippen LogP contribution in [0.2, 0.25) is 0 Å². The second-order valence-corrected chi connectivity index (χ2v) is 22.7. The molecule has 0 N–H and O–H groups in total. The maximum absolute atomic E-state index is 13.3. The molecule has 10 atom stereocenters. The number of hydrogen-bond acceptors (Lipinski definition) is 2. The Bertz CT molecular complexity index is 4140. The van der Waals surface area contributed by atoms with Crippen LogP contribution in [0.1, 0.15) is 116 Å². The van der Waals surface area contributed by atoms with Gasteiger partial charge in [-0.3, -0.25) is 4.79 Å². The van der Waals surface area contributed by atoms with Crippen molar-refractivity contribution in [2.24, 2.45) is 23.2 Å². The predicted molar refractivity (Wildman–Crippen MR) is 245 cm³/mol. The second-order valence-electron chi connectivity index (χ2n) is 22.7. The molecule has 0 aromatic heterocycles. The van der Waals surface area contributed by atoms with Crippen molar-refractivity contribution in [3.05, 3.63) is 191 Å². The number of methoxy groups -OCH3 is 1. The van der Waals surface area contributed by atoms with Crippen molar-refractivity contribution in [1.29, 1.82) is 0 Å². The zero-order valence-electron chi connectivity index (χ0n) is 34.5. The second kappa shape index (κ2) is 7.87. The first-order valence-corrected chi connectivity index (χ1v) is 24.2. The summed E-state index contributed by atoms with van der Waals surface area (Å²) in [5.74, 6) is 2.45. The number of benzene rings is 6. The molecular formula is C61H34O2. The van der Waals surface area contributed by atoms with E-state index in [1.807, 2.05) is 0 Å². The number of hydrogen-bond donors (Lipinski definition) is 0. The minimum atomic E-state index is -0.221. The van der Waals surface area contributed by atoms with E-state index < -0.39 is 0 Å². The molecule has 0 aliphatic heterocycles. The number of carbonyl (C=O) groups excluding carboxylic acids is 1. The average molecular weight is 799 g/mol. The van der Waals surface area contributed by atoms with Crippen LogP contribution in [0.4, 0.5) is 0 Å². The fraction of sp³-hybridized carbons (Fsp3) is 0.262. The molecule has 6 aromatic carbocycles. The van der Waals surface area contributed by atoms with E-state index in [9.17, 15) is 4.79 Å². The Morgan fingerprint density at radius 1 is 0.746 bits per heavy atom. The van der Waals surface area contributed by atoms with Gasteiger partial charge in [-0.25, -0.2) is 0 Å². The summed E-state index contributed by atoms with van der Waals surface area (Å²) < 4.78 is 5.46. The lowest BCUT2D eigenvalue weighted by Crippen LogP contribution is -2.42. The highest BCUT2D eigenvalue weighted by molar-refractivity contribution is 6.44. The van der Waals surface area contributed by atoms with Crippen LogP contribution in [0.5, 0.6) is 0 Å². The van der Waals surface area contributed by atoms with Gasteiger partial charge in [0.2, 0.25) is 0 Å². The van der Waals surface area contributed by atoms with Gasteiger partial charge in [-0.1, -0.05) is 85.0 Å². The van der Waals surface area contributed by atoms with Gasteiger partial charge in [-0.2, -0.15) is 0 Å². The van der Waals surface area contributed by atoms with Gasteiger partial charge in [0.05, 0.1) is 7.11 Å². The molecule has 0 radical (unpaired) electrons. The van der Waals surface area contributed by atoms with E-state index in [0.29, 0.717) is 41.9 Å². The number of ether oxygens (including phenoxy) is 1. The van der Waals surface area contributed by atoms with Crippen LogP contribution < -0.4 is 0 Å². The molecule has 22 rings (SSSR count). The van der Waals surface area contributed by atoms with E-state index in [1.54, 1.807) is 162 Å². The van der Waals surface area contributed by atoms with Gasteiger partial charge in [-0.15, -0.1) is 0 Å². The molecule has 2 heteroatoms. The third-order valence-corrected chi connectivity index (χ3v) is 21.9. The molecule has 63 heavy (non-hydrogen) atoms. The summed E-state index contributed by atoms with van der Waals surface area (Å²) in [6.45, 7) is 0. The Balaban J connectivity index is 1.09. The van der Waals surface area contributed by atoms with Gasteiger partial charge in [-0.05, 0) is 197 Å². The van der Waals surface area contributed by atoms with Crippen molar-refractivity contribution in [1.82, 2.24) is 0 Å². The maximum atomic E-state index is 13.3. The van der Waals surface area contributed by atoms with Crippen LogP contribution in [0.15, 0.2) is 124 Å². The van der Waals surface area contributed by atoms with Crippen molar-refractivity contribution < 1.29 is 9.53 Å². The number of carbonyl (C=O) groups is 1. The molecule has 6 aromatic rings. The lowest BCUT2D eigenvalue weighted by Gasteiger charge is -2.49. The van der Waals surface area contributed by atoms with E-state index in [2.05, 4.69) is 85.0 Å². The minimum absolute atomic E-state index is 0.0737. The number of allylic oxidation sites excluding steroid dienone is 18. The Kier molecular flexibility index (Phi) is 3.64. The molecule has 0 amide bonds. The first-order chi connectivity index (χ1) is 31.2. The highest BCUT2D eigenvalue weighted by Gasteiger charge is 2.98. The molecule has 16 aliphatic carbocycles. The van der Waals surface area contributed by atoms with Crippen molar-refractivity contribution >= 4 is 65.8 Å². The van der Waals surface area contributed by atoms with Crippen molar-refractivity contribution in [2.45, 2.75) is 66.6 Å². The zero-order valence-corrected chi connectivity index (χ0v) is 34.5. The Morgan fingerprint density at radius 3 is 2.54 bits per heavy atom. The quantitative estimate of drug-likeness (QED) is 0.0986. The molecule has 2 nitrogen and oxygen atoms in total. The lowest BCUT2D eigenvalue weighted by molar-refractivity contribution is -0.140. The highest BCUT2D eigenvalue weighted by Crippen LogP contribution is 3.00. The van der Waals surface area contributed by atoms with Crippen molar-refractivity contribution in [2.75, 3.05) is 7.11 Å². The van der Waals surface area contributed by atoms with Crippen LogP contribution in [0, 0.1) is 23.2 Å². The summed E-state index contributed by atoms with van der Waals surface area (Å²) in [5.41, 5.74) is 36.0. The minimum Gasteiger partial charge on any atom is -0.469 e. The summed E-state index contributed by atoms with van der Waals surface area (Å²) in [6, 6.07) is 14.8. The van der Waals surface area contributed by atoms with Gasteiger partial charge in [0, 0.05) is 58.2 Å². The zero-order chi connectivity index (χ0) is 39.6. The molecule has 0 saturated heterocycles. The first-order valence-electron chi connectivity index (χ1n) is 24.2. The molecule has 2 spiro atoms. The first kappa shape index (κ1) is 29.2. The summed E-state index contributed by atoms with van der Waals surface area (Å²) in [6.07, 6.45) is 25.9. The number of fused-ring (bicyclic) bond motifs is 2. The van der Waals surface area contributed by atoms with Crippen LogP contribution in [0.25, 0.3) is 59.8 Å². The van der Waals surface area contributed by atoms with Crippen LogP contribution >= 0.6 is 0 Å². The average Bonchev–Trinajstić information content (AvgIpc) is 4.04. The van der Waals surface area contributed by atoms with Crippen molar-refractivity contribution in [3.8, 4) is 0 Å². The van der Waals surface area contributed by atoms with E-state index in [1.165, 1.54) is 11.1 Å². The van der Waals surface area contributed by atoms with Crippen LogP contribution in [0.3, 0.4) is 0 Å². The van der Waals surface area contributed by atoms with E-state index in [-0.39, 0.29) is 28.1 Å². The van der Waals surface area contributed by atoms with Gasteiger partial charge in [0.15, 0.2) is 0 Å². The fourth-order valence-corrected chi connectivity index (χ4v) is 21.5. The van der Waals surface area contributed by atoms with Gasteiger partial charge in [0.25, 0.3) is 0 Å². The molecule has 1 saturated carbocycles. The van der Waals surface area contributed by atoms with E-state index in [0.717, 1.165) is 25.7 Å².